The van der Waals surface area contributed by atoms with Gasteiger partial charge in [-0.3, -0.25) is 4.79 Å². The SMILES string of the molecule is CC.COC(=O)C1CCC(O)CC1.Cc1ccccc1F. The van der Waals surface area contributed by atoms with E-state index in [0.29, 0.717) is 5.56 Å². The summed E-state index contributed by atoms with van der Waals surface area (Å²) in [5.74, 6) is -0.229. The molecule has 3 nitrogen and oxygen atoms in total. The predicted octanol–water partition coefficient (Wildman–Crippen LogP) is 3.87. The molecule has 1 aliphatic carbocycles. The number of carbonyl (C=O) groups is 1. The molecule has 1 aromatic rings. The fraction of sp³-hybridized carbons (Fsp3) is 0.588. The lowest BCUT2D eigenvalue weighted by atomic mass is 9.88. The molecule has 21 heavy (non-hydrogen) atoms. The van der Waals surface area contributed by atoms with E-state index in [1.165, 1.54) is 13.2 Å². The van der Waals surface area contributed by atoms with E-state index in [2.05, 4.69) is 4.74 Å². The number of halogens is 1. The van der Waals surface area contributed by atoms with Crippen LogP contribution >= 0.6 is 0 Å². The number of methoxy groups -OCH3 is 1. The van der Waals surface area contributed by atoms with Crippen molar-refractivity contribution >= 4 is 5.97 Å². The number of aliphatic hydroxyl groups excluding tert-OH is 1. The Balaban J connectivity index is 0.000000354. The van der Waals surface area contributed by atoms with Gasteiger partial charge in [-0.25, -0.2) is 4.39 Å². The van der Waals surface area contributed by atoms with Crippen molar-refractivity contribution in [2.24, 2.45) is 5.92 Å². The summed E-state index contributed by atoms with van der Waals surface area (Å²) in [4.78, 5) is 11.0. The minimum atomic E-state index is -0.198. The normalized spacial score (nSPS) is 20.3. The number of hydrogen-bond donors (Lipinski definition) is 1. The van der Waals surface area contributed by atoms with Crippen molar-refractivity contribution in [1.82, 2.24) is 0 Å². The zero-order chi connectivity index (χ0) is 16.3. The second-order valence-corrected chi connectivity index (χ2v) is 4.78. The van der Waals surface area contributed by atoms with Crippen LogP contribution < -0.4 is 0 Å². The number of aliphatic hydroxyl groups is 1. The summed E-state index contributed by atoms with van der Waals surface area (Å²) in [5.41, 5.74) is 0.701. The van der Waals surface area contributed by atoms with Gasteiger partial charge in [-0.05, 0) is 44.2 Å². The first-order chi connectivity index (χ1) is 10.0. The molecule has 1 aromatic carbocycles. The average molecular weight is 298 g/mol. The molecule has 2 rings (SSSR count). The number of rotatable bonds is 1. The lowest BCUT2D eigenvalue weighted by molar-refractivity contribution is -0.147. The minimum Gasteiger partial charge on any atom is -0.469 e. The van der Waals surface area contributed by atoms with Crippen molar-refractivity contribution in [2.45, 2.75) is 52.6 Å². The number of hydrogen-bond acceptors (Lipinski definition) is 3. The van der Waals surface area contributed by atoms with Gasteiger partial charge in [-0.2, -0.15) is 0 Å². The molecule has 0 unspecified atom stereocenters. The van der Waals surface area contributed by atoms with E-state index in [9.17, 15) is 9.18 Å². The van der Waals surface area contributed by atoms with Gasteiger partial charge >= 0.3 is 5.97 Å². The van der Waals surface area contributed by atoms with E-state index in [-0.39, 0.29) is 23.8 Å². The van der Waals surface area contributed by atoms with Gasteiger partial charge in [0, 0.05) is 0 Å². The average Bonchev–Trinajstić information content (AvgIpc) is 2.53. The monoisotopic (exact) mass is 298 g/mol. The zero-order valence-electron chi connectivity index (χ0n) is 13.4. The molecule has 0 atom stereocenters. The second kappa shape index (κ2) is 11.3. The van der Waals surface area contributed by atoms with Crippen LogP contribution in [0.3, 0.4) is 0 Å². The van der Waals surface area contributed by atoms with Gasteiger partial charge in [0.25, 0.3) is 0 Å². The predicted molar refractivity (Wildman–Crippen MR) is 82.5 cm³/mol. The smallest absolute Gasteiger partial charge is 0.308 e. The molecule has 0 saturated heterocycles. The topological polar surface area (TPSA) is 46.5 Å². The van der Waals surface area contributed by atoms with Gasteiger partial charge in [-0.15, -0.1) is 0 Å². The standard InChI is InChI=1S/C8H14O3.C7H7F.C2H6/c1-11-8(10)6-2-4-7(9)5-3-6;1-6-4-2-3-5-7(6)8;1-2/h6-7,9H,2-5H2,1H3;2-5H,1H3;1-2H3. The Kier molecular flexibility index (Phi) is 10.5. The molecule has 1 fully saturated rings. The van der Waals surface area contributed by atoms with Crippen molar-refractivity contribution in [3.05, 3.63) is 35.6 Å². The molecule has 0 aromatic heterocycles. The summed E-state index contributed by atoms with van der Waals surface area (Å²) in [5, 5.41) is 9.13. The molecule has 0 bridgehead atoms. The van der Waals surface area contributed by atoms with Gasteiger partial charge in [0.15, 0.2) is 0 Å². The van der Waals surface area contributed by atoms with Crippen LogP contribution in [0.2, 0.25) is 0 Å². The van der Waals surface area contributed by atoms with Crippen molar-refractivity contribution < 1.29 is 19.0 Å². The summed E-state index contributed by atoms with van der Waals surface area (Å²) in [7, 11) is 1.41. The first-order valence-electron chi connectivity index (χ1n) is 7.51. The fourth-order valence-electron chi connectivity index (χ4n) is 2.03. The maximum Gasteiger partial charge on any atom is 0.308 e. The van der Waals surface area contributed by atoms with Crippen molar-refractivity contribution in [2.75, 3.05) is 7.11 Å². The fourth-order valence-corrected chi connectivity index (χ4v) is 2.03. The molecular weight excluding hydrogens is 271 g/mol. The summed E-state index contributed by atoms with van der Waals surface area (Å²) < 4.78 is 16.9. The molecule has 1 saturated carbocycles. The highest BCUT2D eigenvalue weighted by Gasteiger charge is 2.25. The minimum absolute atomic E-state index is 0.0309. The molecule has 4 heteroatoms. The largest absolute Gasteiger partial charge is 0.469 e. The third kappa shape index (κ3) is 7.81. The van der Waals surface area contributed by atoms with E-state index in [1.807, 2.05) is 19.9 Å². The number of esters is 1. The summed E-state index contributed by atoms with van der Waals surface area (Å²) in [6, 6.07) is 6.70. The van der Waals surface area contributed by atoms with E-state index >= 15 is 0 Å². The van der Waals surface area contributed by atoms with Crippen LogP contribution in [0.5, 0.6) is 0 Å². The highest BCUT2D eigenvalue weighted by Crippen LogP contribution is 2.24. The Bertz CT molecular complexity index is 378. The third-order valence-electron chi connectivity index (χ3n) is 3.31. The summed E-state index contributed by atoms with van der Waals surface area (Å²) in [6.45, 7) is 5.75. The first-order valence-corrected chi connectivity index (χ1v) is 7.51. The molecule has 0 heterocycles. The van der Waals surface area contributed by atoms with E-state index in [0.717, 1.165) is 25.7 Å². The second-order valence-electron chi connectivity index (χ2n) is 4.78. The molecule has 1 aliphatic rings. The van der Waals surface area contributed by atoms with Gasteiger partial charge in [0.05, 0.1) is 19.1 Å². The van der Waals surface area contributed by atoms with Crippen molar-refractivity contribution in [3.8, 4) is 0 Å². The van der Waals surface area contributed by atoms with Crippen LogP contribution in [-0.2, 0) is 9.53 Å². The maximum absolute atomic E-state index is 12.3. The first kappa shape index (κ1) is 19.6. The molecule has 0 aliphatic heterocycles. The third-order valence-corrected chi connectivity index (χ3v) is 3.31. The number of ether oxygens (including phenoxy) is 1. The van der Waals surface area contributed by atoms with Crippen LogP contribution in [0.15, 0.2) is 24.3 Å². The Labute approximate surface area is 127 Å². The lowest BCUT2D eigenvalue weighted by Gasteiger charge is -2.22. The van der Waals surface area contributed by atoms with Crippen LogP contribution in [-0.4, -0.2) is 24.3 Å². The van der Waals surface area contributed by atoms with Crippen LogP contribution in [0.1, 0.15) is 45.1 Å². The van der Waals surface area contributed by atoms with E-state index in [4.69, 9.17) is 5.11 Å². The Morgan fingerprint density at radius 1 is 1.19 bits per heavy atom. The number of benzene rings is 1. The molecule has 0 amide bonds. The Hall–Kier alpha value is -1.42. The van der Waals surface area contributed by atoms with E-state index < -0.39 is 0 Å². The zero-order valence-corrected chi connectivity index (χ0v) is 13.4. The van der Waals surface area contributed by atoms with Gasteiger partial charge in [0.2, 0.25) is 0 Å². The quantitative estimate of drug-likeness (QED) is 0.801. The lowest BCUT2D eigenvalue weighted by Crippen LogP contribution is -2.24. The molecule has 0 radical (unpaired) electrons. The summed E-state index contributed by atoms with van der Waals surface area (Å²) in [6.07, 6.45) is 2.82. The van der Waals surface area contributed by atoms with Gasteiger partial charge in [0.1, 0.15) is 5.82 Å². The molecule has 120 valence electrons. The number of aryl methyl sites for hydroxylation is 1. The van der Waals surface area contributed by atoms with Crippen LogP contribution in [0.4, 0.5) is 4.39 Å². The molecular formula is C17H27FO3. The Morgan fingerprint density at radius 2 is 1.71 bits per heavy atom. The molecule has 1 N–H and O–H groups in total. The molecule has 0 spiro atoms. The van der Waals surface area contributed by atoms with Crippen molar-refractivity contribution in [1.29, 1.82) is 0 Å². The highest BCUT2D eigenvalue weighted by molar-refractivity contribution is 5.72. The van der Waals surface area contributed by atoms with Gasteiger partial charge in [-0.1, -0.05) is 32.0 Å². The summed E-state index contributed by atoms with van der Waals surface area (Å²) >= 11 is 0. The van der Waals surface area contributed by atoms with Crippen molar-refractivity contribution in [3.63, 3.8) is 0 Å². The van der Waals surface area contributed by atoms with Crippen LogP contribution in [0.25, 0.3) is 0 Å². The maximum atomic E-state index is 12.3. The number of carbonyl (C=O) groups excluding carboxylic acids is 1. The van der Waals surface area contributed by atoms with Gasteiger partial charge < -0.3 is 9.84 Å². The van der Waals surface area contributed by atoms with E-state index in [1.54, 1.807) is 19.1 Å². The Morgan fingerprint density at radius 3 is 2.10 bits per heavy atom. The van der Waals surface area contributed by atoms with Crippen LogP contribution in [0, 0.1) is 18.7 Å². The highest BCUT2D eigenvalue weighted by atomic mass is 19.1.